The minimum atomic E-state index is 0.0497. The second kappa shape index (κ2) is 7.96. The summed E-state index contributed by atoms with van der Waals surface area (Å²) < 4.78 is 16.5. The first-order chi connectivity index (χ1) is 12.5. The minimum absolute atomic E-state index is 0.0497. The van der Waals surface area contributed by atoms with Crippen molar-refractivity contribution >= 4 is 5.91 Å². The van der Waals surface area contributed by atoms with Crippen LogP contribution in [0.3, 0.4) is 0 Å². The summed E-state index contributed by atoms with van der Waals surface area (Å²) >= 11 is 0. The number of benzene rings is 1. The van der Waals surface area contributed by atoms with Gasteiger partial charge in [0.2, 0.25) is 0 Å². The first-order valence-corrected chi connectivity index (χ1v) is 9.04. The Balaban J connectivity index is 1.73. The van der Waals surface area contributed by atoms with Gasteiger partial charge in [0.1, 0.15) is 17.3 Å². The average molecular weight is 357 g/mol. The van der Waals surface area contributed by atoms with E-state index in [0.717, 1.165) is 24.4 Å². The molecule has 1 aliphatic rings. The van der Waals surface area contributed by atoms with Crippen LogP contribution in [0.15, 0.2) is 34.7 Å². The highest BCUT2D eigenvalue weighted by Crippen LogP contribution is 2.26. The Bertz CT molecular complexity index is 750. The maximum absolute atomic E-state index is 12.9. The summed E-state index contributed by atoms with van der Waals surface area (Å²) in [6, 6.07) is 9.94. The zero-order chi connectivity index (χ0) is 18.7. The zero-order valence-electron chi connectivity index (χ0n) is 16.0. The number of rotatable bonds is 5. The summed E-state index contributed by atoms with van der Waals surface area (Å²) in [7, 11) is 3.42. The normalized spacial score (nSPS) is 20.2. The van der Waals surface area contributed by atoms with Crippen molar-refractivity contribution in [3.05, 3.63) is 53.0 Å². The maximum atomic E-state index is 12.9. The maximum Gasteiger partial charge on any atom is 0.257 e. The molecule has 3 rings (SSSR count). The van der Waals surface area contributed by atoms with E-state index in [2.05, 4.69) is 12.1 Å². The van der Waals surface area contributed by atoms with Gasteiger partial charge in [-0.2, -0.15) is 0 Å². The minimum Gasteiger partial charge on any atom is -0.497 e. The number of carbonyl (C=O) groups excluding carboxylic acids is 1. The molecule has 1 fully saturated rings. The SMILES string of the molecule is COc1ccc(C[C@@H]2CN(C(=O)c3cc(C)oc3C)CC[C@@H]2OC)cc1. The van der Waals surface area contributed by atoms with Crippen molar-refractivity contribution in [3.8, 4) is 5.75 Å². The summed E-state index contributed by atoms with van der Waals surface area (Å²) in [4.78, 5) is 14.9. The topological polar surface area (TPSA) is 51.9 Å². The fourth-order valence-electron chi connectivity index (χ4n) is 3.78. The number of furan rings is 1. The Morgan fingerprint density at radius 3 is 2.54 bits per heavy atom. The highest BCUT2D eigenvalue weighted by atomic mass is 16.5. The van der Waals surface area contributed by atoms with E-state index in [9.17, 15) is 4.79 Å². The van der Waals surface area contributed by atoms with Gasteiger partial charge in [0.25, 0.3) is 5.91 Å². The molecule has 0 N–H and O–H groups in total. The van der Waals surface area contributed by atoms with E-state index in [1.807, 2.05) is 36.9 Å². The van der Waals surface area contributed by atoms with E-state index in [1.165, 1.54) is 5.56 Å². The molecule has 0 bridgehead atoms. The Morgan fingerprint density at radius 2 is 1.96 bits per heavy atom. The number of amides is 1. The van der Waals surface area contributed by atoms with Gasteiger partial charge in [0, 0.05) is 26.1 Å². The monoisotopic (exact) mass is 357 g/mol. The predicted octanol–water partition coefficient (Wildman–Crippen LogP) is 3.62. The van der Waals surface area contributed by atoms with Crippen molar-refractivity contribution in [2.24, 2.45) is 5.92 Å². The summed E-state index contributed by atoms with van der Waals surface area (Å²) in [5.41, 5.74) is 1.89. The first kappa shape index (κ1) is 18.5. The van der Waals surface area contributed by atoms with Crippen LogP contribution in [0, 0.1) is 19.8 Å². The molecule has 0 unspecified atom stereocenters. The van der Waals surface area contributed by atoms with E-state index in [-0.39, 0.29) is 17.9 Å². The quantitative estimate of drug-likeness (QED) is 0.820. The lowest BCUT2D eigenvalue weighted by Crippen LogP contribution is -2.47. The van der Waals surface area contributed by atoms with Crippen LogP contribution in [-0.2, 0) is 11.2 Å². The van der Waals surface area contributed by atoms with Crippen LogP contribution in [0.4, 0.5) is 0 Å². The molecule has 2 atom stereocenters. The second-order valence-electron chi connectivity index (χ2n) is 6.95. The van der Waals surface area contributed by atoms with Crippen LogP contribution in [0.1, 0.15) is 33.9 Å². The molecule has 0 spiro atoms. The number of ether oxygens (including phenoxy) is 2. The molecule has 2 aromatic rings. The molecule has 1 aromatic heterocycles. The van der Waals surface area contributed by atoms with Gasteiger partial charge in [-0.3, -0.25) is 4.79 Å². The van der Waals surface area contributed by atoms with Crippen molar-refractivity contribution in [1.29, 1.82) is 0 Å². The lowest BCUT2D eigenvalue weighted by atomic mass is 9.88. The van der Waals surface area contributed by atoms with E-state index in [0.29, 0.717) is 24.4 Å². The van der Waals surface area contributed by atoms with Crippen molar-refractivity contribution in [3.63, 3.8) is 0 Å². The molecule has 1 amide bonds. The van der Waals surface area contributed by atoms with Crippen molar-refractivity contribution in [2.75, 3.05) is 27.3 Å². The molecule has 2 heterocycles. The largest absolute Gasteiger partial charge is 0.497 e. The highest BCUT2D eigenvalue weighted by molar-refractivity contribution is 5.95. The number of likely N-dealkylation sites (tertiary alicyclic amines) is 1. The Hall–Kier alpha value is -2.27. The van der Waals surface area contributed by atoms with Crippen molar-refractivity contribution < 1.29 is 18.7 Å². The third kappa shape index (κ3) is 3.93. The molecule has 140 valence electrons. The number of hydrogen-bond acceptors (Lipinski definition) is 4. The molecule has 0 saturated carbocycles. The third-order valence-electron chi connectivity index (χ3n) is 5.18. The van der Waals surface area contributed by atoms with E-state index in [1.54, 1.807) is 14.2 Å². The fourth-order valence-corrected chi connectivity index (χ4v) is 3.78. The van der Waals surface area contributed by atoms with Gasteiger partial charge in [-0.05, 0) is 50.5 Å². The van der Waals surface area contributed by atoms with Crippen LogP contribution in [0.5, 0.6) is 5.75 Å². The summed E-state index contributed by atoms with van der Waals surface area (Å²) in [5.74, 6) is 2.62. The van der Waals surface area contributed by atoms with E-state index < -0.39 is 0 Å². The first-order valence-electron chi connectivity index (χ1n) is 9.04. The predicted molar refractivity (Wildman–Crippen MR) is 99.7 cm³/mol. The van der Waals surface area contributed by atoms with E-state index in [4.69, 9.17) is 13.9 Å². The van der Waals surface area contributed by atoms with Gasteiger partial charge < -0.3 is 18.8 Å². The molecule has 0 radical (unpaired) electrons. The van der Waals surface area contributed by atoms with E-state index >= 15 is 0 Å². The Morgan fingerprint density at radius 1 is 1.23 bits per heavy atom. The molecule has 1 saturated heterocycles. The van der Waals surface area contributed by atoms with Gasteiger partial charge in [0.05, 0.1) is 18.8 Å². The van der Waals surface area contributed by atoms with Gasteiger partial charge >= 0.3 is 0 Å². The van der Waals surface area contributed by atoms with Gasteiger partial charge in [-0.15, -0.1) is 0 Å². The molecular formula is C21H27NO4. The zero-order valence-corrected chi connectivity index (χ0v) is 16.0. The molecule has 26 heavy (non-hydrogen) atoms. The van der Waals surface area contributed by atoms with Crippen molar-refractivity contribution in [2.45, 2.75) is 32.8 Å². The number of piperidine rings is 1. The smallest absolute Gasteiger partial charge is 0.257 e. The van der Waals surface area contributed by atoms with Crippen LogP contribution in [0.2, 0.25) is 0 Å². The highest BCUT2D eigenvalue weighted by Gasteiger charge is 2.33. The Kier molecular flexibility index (Phi) is 5.67. The fraction of sp³-hybridized carbons (Fsp3) is 0.476. The van der Waals surface area contributed by atoms with Gasteiger partial charge in [-0.1, -0.05) is 12.1 Å². The number of carbonyl (C=O) groups is 1. The Labute approximate surface area is 154 Å². The molecule has 1 aromatic carbocycles. The van der Waals surface area contributed by atoms with Crippen LogP contribution >= 0.6 is 0 Å². The summed E-state index contributed by atoms with van der Waals surface area (Å²) in [6.07, 6.45) is 1.88. The second-order valence-corrected chi connectivity index (χ2v) is 6.95. The average Bonchev–Trinajstić information content (AvgIpc) is 3.00. The molecular weight excluding hydrogens is 330 g/mol. The van der Waals surface area contributed by atoms with Crippen LogP contribution in [0.25, 0.3) is 0 Å². The van der Waals surface area contributed by atoms with Gasteiger partial charge in [-0.25, -0.2) is 0 Å². The number of aryl methyl sites for hydroxylation is 2. The van der Waals surface area contributed by atoms with Crippen LogP contribution in [-0.4, -0.2) is 44.2 Å². The number of methoxy groups -OCH3 is 2. The summed E-state index contributed by atoms with van der Waals surface area (Å²) in [5, 5.41) is 0. The number of nitrogens with zero attached hydrogens (tertiary/aromatic N) is 1. The lowest BCUT2D eigenvalue weighted by molar-refractivity contribution is -0.00304. The molecule has 5 heteroatoms. The molecule has 0 aliphatic carbocycles. The van der Waals surface area contributed by atoms with Crippen LogP contribution < -0.4 is 4.74 Å². The molecule has 1 aliphatic heterocycles. The molecule has 5 nitrogen and oxygen atoms in total. The summed E-state index contributed by atoms with van der Waals surface area (Å²) in [6.45, 7) is 5.11. The lowest BCUT2D eigenvalue weighted by Gasteiger charge is -2.38. The third-order valence-corrected chi connectivity index (χ3v) is 5.18. The number of hydrogen-bond donors (Lipinski definition) is 0. The standard InChI is InChI=1S/C21H27NO4/c1-14-11-19(15(2)26-14)21(23)22-10-9-20(25-4)17(13-22)12-16-5-7-18(24-3)8-6-16/h5-8,11,17,20H,9-10,12-13H2,1-4H3/t17-,20+/m1/s1. The van der Waals surface area contributed by atoms with Gasteiger partial charge in [0.15, 0.2) is 0 Å². The van der Waals surface area contributed by atoms with Crippen molar-refractivity contribution in [1.82, 2.24) is 4.90 Å².